The molecule has 4 heteroatoms. The third-order valence-electron chi connectivity index (χ3n) is 4.45. The third kappa shape index (κ3) is 2.31. The molecular weight excluding hydrogens is 218 g/mol. The highest BCUT2D eigenvalue weighted by Crippen LogP contribution is 2.58. The first-order valence-electron chi connectivity index (χ1n) is 6.45. The van der Waals surface area contributed by atoms with E-state index in [1.54, 1.807) is 0 Å². The van der Waals surface area contributed by atoms with Crippen molar-refractivity contribution in [1.82, 2.24) is 5.32 Å². The van der Waals surface area contributed by atoms with Crippen LogP contribution in [0.15, 0.2) is 0 Å². The maximum absolute atomic E-state index is 11.8. The van der Waals surface area contributed by atoms with Crippen LogP contribution in [0.3, 0.4) is 0 Å². The topological polar surface area (TPSA) is 66.4 Å². The summed E-state index contributed by atoms with van der Waals surface area (Å²) in [6.45, 7) is 4.40. The molecule has 0 aromatic rings. The van der Waals surface area contributed by atoms with Gasteiger partial charge in [0.05, 0.1) is 11.8 Å². The van der Waals surface area contributed by atoms with E-state index in [0.29, 0.717) is 6.54 Å². The second kappa shape index (κ2) is 4.31. The van der Waals surface area contributed by atoms with Crippen LogP contribution in [0.5, 0.6) is 0 Å². The van der Waals surface area contributed by atoms with E-state index in [1.807, 2.05) is 13.8 Å². The molecule has 1 amide bonds. The van der Waals surface area contributed by atoms with Gasteiger partial charge in [-0.25, -0.2) is 0 Å². The van der Waals surface area contributed by atoms with Gasteiger partial charge in [0.1, 0.15) is 0 Å². The second-order valence-electron chi connectivity index (χ2n) is 5.99. The highest BCUT2D eigenvalue weighted by molar-refractivity contribution is 5.91. The highest BCUT2D eigenvalue weighted by atomic mass is 16.4. The molecule has 96 valence electrons. The number of carboxylic acid groups (broad SMARTS) is 1. The Morgan fingerprint density at radius 1 is 1.29 bits per heavy atom. The first-order valence-corrected chi connectivity index (χ1v) is 6.45. The van der Waals surface area contributed by atoms with Gasteiger partial charge in [0, 0.05) is 6.54 Å². The Morgan fingerprint density at radius 3 is 2.35 bits per heavy atom. The monoisotopic (exact) mass is 239 g/mol. The lowest BCUT2D eigenvalue weighted by molar-refractivity contribution is -0.140. The van der Waals surface area contributed by atoms with Crippen molar-refractivity contribution in [2.75, 3.05) is 6.54 Å². The number of amides is 1. The van der Waals surface area contributed by atoms with E-state index < -0.39 is 11.9 Å². The van der Waals surface area contributed by atoms with Gasteiger partial charge < -0.3 is 10.4 Å². The van der Waals surface area contributed by atoms with Crippen molar-refractivity contribution in [3.8, 4) is 0 Å². The molecule has 17 heavy (non-hydrogen) atoms. The molecule has 0 saturated heterocycles. The zero-order valence-corrected chi connectivity index (χ0v) is 10.5. The van der Waals surface area contributed by atoms with Crippen LogP contribution in [0.2, 0.25) is 0 Å². The van der Waals surface area contributed by atoms with Crippen LogP contribution in [0, 0.1) is 23.2 Å². The summed E-state index contributed by atoms with van der Waals surface area (Å²) in [4.78, 5) is 22.8. The molecule has 2 saturated carbocycles. The number of rotatable bonds is 5. The Kier molecular flexibility index (Phi) is 3.15. The van der Waals surface area contributed by atoms with Crippen molar-refractivity contribution in [3.63, 3.8) is 0 Å². The van der Waals surface area contributed by atoms with Crippen LogP contribution in [0.1, 0.15) is 39.5 Å². The smallest absolute Gasteiger partial charge is 0.307 e. The number of carbonyl (C=O) groups is 2. The molecular formula is C13H21NO3. The van der Waals surface area contributed by atoms with E-state index >= 15 is 0 Å². The first-order chi connectivity index (χ1) is 7.94. The van der Waals surface area contributed by atoms with Gasteiger partial charge in [-0.3, -0.25) is 9.59 Å². The van der Waals surface area contributed by atoms with Crippen LogP contribution in [0.25, 0.3) is 0 Å². The van der Waals surface area contributed by atoms with E-state index in [-0.39, 0.29) is 17.2 Å². The summed E-state index contributed by atoms with van der Waals surface area (Å²) in [5, 5.41) is 11.9. The standard InChI is InChI=1S/C13H21NO3/c1-13(2)9(10(13)12(16)17)11(15)14-7-6-8-4-3-5-8/h8-10H,3-7H2,1-2H3,(H,14,15)(H,16,17)/t9-,10+/m1/s1. The summed E-state index contributed by atoms with van der Waals surface area (Å²) < 4.78 is 0. The minimum atomic E-state index is -0.853. The Balaban J connectivity index is 1.74. The van der Waals surface area contributed by atoms with Gasteiger partial charge in [0.2, 0.25) is 5.91 Å². The molecule has 2 N–H and O–H groups in total. The Bertz CT molecular complexity index is 334. The summed E-state index contributed by atoms with van der Waals surface area (Å²) >= 11 is 0. The Hall–Kier alpha value is -1.06. The number of carbonyl (C=O) groups excluding carboxylic acids is 1. The SMILES string of the molecule is CC1(C)[C@H](C(=O)O)[C@@H]1C(=O)NCCC1CCC1. The normalized spacial score (nSPS) is 30.5. The lowest BCUT2D eigenvalue weighted by Gasteiger charge is -2.25. The summed E-state index contributed by atoms with van der Waals surface area (Å²) in [6.07, 6.45) is 4.91. The number of hydrogen-bond acceptors (Lipinski definition) is 2. The second-order valence-corrected chi connectivity index (χ2v) is 5.99. The van der Waals surface area contributed by atoms with Crippen molar-refractivity contribution in [2.45, 2.75) is 39.5 Å². The molecule has 2 aliphatic carbocycles. The zero-order valence-electron chi connectivity index (χ0n) is 10.5. The van der Waals surface area contributed by atoms with Gasteiger partial charge in [0.15, 0.2) is 0 Å². The molecule has 2 rings (SSSR count). The minimum Gasteiger partial charge on any atom is -0.481 e. The van der Waals surface area contributed by atoms with Gasteiger partial charge in [-0.05, 0) is 17.8 Å². The molecule has 4 nitrogen and oxygen atoms in total. The van der Waals surface area contributed by atoms with Gasteiger partial charge >= 0.3 is 5.97 Å². The van der Waals surface area contributed by atoms with E-state index in [4.69, 9.17) is 5.11 Å². The van der Waals surface area contributed by atoms with Crippen LogP contribution < -0.4 is 5.32 Å². The Morgan fingerprint density at radius 2 is 1.94 bits per heavy atom. The van der Waals surface area contributed by atoms with Gasteiger partial charge in [0.25, 0.3) is 0 Å². The third-order valence-corrected chi connectivity index (χ3v) is 4.45. The van der Waals surface area contributed by atoms with Crippen LogP contribution >= 0.6 is 0 Å². The average Bonchev–Trinajstić information content (AvgIpc) is 2.73. The predicted octanol–water partition coefficient (Wildman–Crippen LogP) is 1.65. The molecule has 0 aromatic carbocycles. The maximum atomic E-state index is 11.8. The molecule has 0 bridgehead atoms. The Labute approximate surface area is 102 Å². The number of aliphatic carboxylic acids is 1. The van der Waals surface area contributed by atoms with E-state index in [1.165, 1.54) is 19.3 Å². The first kappa shape index (κ1) is 12.4. The van der Waals surface area contributed by atoms with Crippen molar-refractivity contribution in [1.29, 1.82) is 0 Å². The number of carboxylic acids is 1. The van der Waals surface area contributed by atoms with Crippen LogP contribution in [-0.4, -0.2) is 23.5 Å². The van der Waals surface area contributed by atoms with Crippen molar-refractivity contribution >= 4 is 11.9 Å². The molecule has 2 fully saturated rings. The zero-order chi connectivity index (χ0) is 12.6. The maximum Gasteiger partial charge on any atom is 0.307 e. The van der Waals surface area contributed by atoms with Crippen LogP contribution in [-0.2, 0) is 9.59 Å². The fraction of sp³-hybridized carbons (Fsp3) is 0.846. The lowest BCUT2D eigenvalue weighted by atomic mass is 9.83. The van der Waals surface area contributed by atoms with Crippen LogP contribution in [0.4, 0.5) is 0 Å². The lowest BCUT2D eigenvalue weighted by Crippen LogP contribution is -2.30. The summed E-state index contributed by atoms with van der Waals surface area (Å²) in [7, 11) is 0. The molecule has 0 heterocycles. The van der Waals surface area contributed by atoms with Gasteiger partial charge in [-0.15, -0.1) is 0 Å². The van der Waals surface area contributed by atoms with Gasteiger partial charge in [-0.1, -0.05) is 33.1 Å². The minimum absolute atomic E-state index is 0.0817. The van der Waals surface area contributed by atoms with Crippen molar-refractivity contribution in [3.05, 3.63) is 0 Å². The highest BCUT2D eigenvalue weighted by Gasteiger charge is 2.65. The summed E-state index contributed by atoms with van der Waals surface area (Å²) in [5.74, 6) is -1.01. The van der Waals surface area contributed by atoms with Crippen molar-refractivity contribution < 1.29 is 14.7 Å². The molecule has 0 radical (unpaired) electrons. The molecule has 2 atom stereocenters. The fourth-order valence-corrected chi connectivity index (χ4v) is 2.88. The fourth-order valence-electron chi connectivity index (χ4n) is 2.88. The van der Waals surface area contributed by atoms with E-state index in [0.717, 1.165) is 12.3 Å². The predicted molar refractivity (Wildman–Crippen MR) is 63.4 cm³/mol. The molecule has 0 spiro atoms. The number of hydrogen-bond donors (Lipinski definition) is 2. The van der Waals surface area contributed by atoms with Gasteiger partial charge in [-0.2, -0.15) is 0 Å². The average molecular weight is 239 g/mol. The largest absolute Gasteiger partial charge is 0.481 e. The molecule has 0 aromatic heterocycles. The summed E-state index contributed by atoms with van der Waals surface area (Å²) in [6, 6.07) is 0. The van der Waals surface area contributed by atoms with Crippen molar-refractivity contribution in [2.24, 2.45) is 23.2 Å². The molecule has 2 aliphatic rings. The van der Waals surface area contributed by atoms with E-state index in [2.05, 4.69) is 5.32 Å². The molecule has 0 unspecified atom stereocenters. The summed E-state index contributed by atoms with van der Waals surface area (Å²) in [5.41, 5.74) is -0.383. The van der Waals surface area contributed by atoms with E-state index in [9.17, 15) is 9.59 Å². The quantitative estimate of drug-likeness (QED) is 0.766. The molecule has 0 aliphatic heterocycles. The number of nitrogens with one attached hydrogen (secondary N) is 1.